The van der Waals surface area contributed by atoms with Gasteiger partial charge in [0, 0.05) is 1.43 Å². The highest BCUT2D eigenvalue weighted by Crippen LogP contribution is 2.46. The van der Waals surface area contributed by atoms with Crippen LogP contribution in [-0.2, 0) is 0 Å². The second-order valence-corrected chi connectivity index (χ2v) is 9.62. The molecule has 0 unspecified atom stereocenters. The summed E-state index contributed by atoms with van der Waals surface area (Å²) in [5, 5.41) is 0. The Morgan fingerprint density at radius 1 is 0.654 bits per heavy atom. The first kappa shape index (κ1) is 23.7. The van der Waals surface area contributed by atoms with Crippen molar-refractivity contribution in [2.45, 2.75) is 104 Å². The van der Waals surface area contributed by atoms with Gasteiger partial charge < -0.3 is 11.0 Å². The summed E-state index contributed by atoms with van der Waals surface area (Å²) in [7, 11) is 0. The molecule has 4 N–H and O–H groups in total. The zero-order chi connectivity index (χ0) is 16.8. The fourth-order valence-electron chi connectivity index (χ4n) is 6.29. The summed E-state index contributed by atoms with van der Waals surface area (Å²) >= 11 is 0. The van der Waals surface area contributed by atoms with Crippen molar-refractivity contribution < 1.29 is 12.4 Å². The van der Waals surface area contributed by atoms with Crippen LogP contribution in [0.2, 0.25) is 0 Å². The standard InChI is InChI=1S/C24H42.2H2O.H2/c1-3-4-5-6-20-9-13-22(14-10-20)24-17-15-23(16-18-24)21-11-7-19(2)8-12-21;;;/h3-4,19-24H,5-18H2,1-2H3;2*1H2;1H/b4-3+;;;. The molecule has 2 nitrogen and oxygen atoms in total. The zero-order valence-corrected chi connectivity index (χ0v) is 17.5. The highest BCUT2D eigenvalue weighted by atomic mass is 16.0. The molecule has 3 aliphatic rings. The minimum atomic E-state index is 0. The van der Waals surface area contributed by atoms with Gasteiger partial charge >= 0.3 is 0 Å². The Hall–Kier alpha value is -0.340. The van der Waals surface area contributed by atoms with Crippen LogP contribution in [0.4, 0.5) is 0 Å². The maximum absolute atomic E-state index is 2.46. The topological polar surface area (TPSA) is 63.0 Å². The number of allylic oxidation sites excluding steroid dienone is 2. The molecular formula is C24H48O2. The highest BCUT2D eigenvalue weighted by Gasteiger charge is 2.34. The van der Waals surface area contributed by atoms with Gasteiger partial charge in [-0.3, -0.25) is 0 Å². The normalized spacial score (nSPS) is 38.4. The van der Waals surface area contributed by atoms with Gasteiger partial charge in [0.25, 0.3) is 0 Å². The SMILES string of the molecule is C/C=C/CCC1CCC(C2CCC(C3CCC(C)CC3)CC2)CC1.O.O.[HH]. The van der Waals surface area contributed by atoms with Crippen molar-refractivity contribution in [3.8, 4) is 0 Å². The van der Waals surface area contributed by atoms with Crippen LogP contribution in [0.25, 0.3) is 0 Å². The van der Waals surface area contributed by atoms with E-state index in [0.29, 0.717) is 0 Å². The molecule has 3 fully saturated rings. The predicted molar refractivity (Wildman–Crippen MR) is 115 cm³/mol. The third kappa shape index (κ3) is 6.68. The monoisotopic (exact) mass is 368 g/mol. The predicted octanol–water partition coefficient (Wildman–Crippen LogP) is 6.38. The van der Waals surface area contributed by atoms with Crippen LogP contribution in [0.3, 0.4) is 0 Å². The molecule has 26 heavy (non-hydrogen) atoms. The highest BCUT2D eigenvalue weighted by molar-refractivity contribution is 4.86. The van der Waals surface area contributed by atoms with Gasteiger partial charge in [-0.05, 0) is 107 Å². The Labute approximate surface area is 164 Å². The first-order valence-corrected chi connectivity index (χ1v) is 11.4. The molecule has 0 atom stereocenters. The molecule has 0 spiro atoms. The molecule has 3 saturated carbocycles. The smallest absolute Gasteiger partial charge is 0 e. The second-order valence-electron chi connectivity index (χ2n) is 9.62. The summed E-state index contributed by atoms with van der Waals surface area (Å²) in [6, 6.07) is 0. The van der Waals surface area contributed by atoms with Crippen LogP contribution in [0.5, 0.6) is 0 Å². The van der Waals surface area contributed by atoms with E-state index in [2.05, 4.69) is 26.0 Å². The van der Waals surface area contributed by atoms with Crippen LogP contribution >= 0.6 is 0 Å². The molecular weight excluding hydrogens is 320 g/mol. The summed E-state index contributed by atoms with van der Waals surface area (Å²) in [5.41, 5.74) is 0. The Kier molecular flexibility index (Phi) is 11.1. The molecule has 2 heteroatoms. The molecule has 0 aliphatic heterocycles. The Bertz CT molecular complexity index is 374. The number of rotatable bonds is 5. The van der Waals surface area contributed by atoms with Crippen molar-refractivity contribution in [1.82, 2.24) is 0 Å². The van der Waals surface area contributed by atoms with Crippen molar-refractivity contribution in [2.24, 2.45) is 35.5 Å². The van der Waals surface area contributed by atoms with E-state index in [-0.39, 0.29) is 12.4 Å². The quantitative estimate of drug-likeness (QED) is 0.505. The molecule has 0 aromatic rings. The molecule has 0 aromatic heterocycles. The molecule has 3 rings (SSSR count). The van der Waals surface area contributed by atoms with Gasteiger partial charge in [-0.1, -0.05) is 44.8 Å². The zero-order valence-electron chi connectivity index (χ0n) is 17.5. The lowest BCUT2D eigenvalue weighted by atomic mass is 9.65. The third-order valence-corrected chi connectivity index (χ3v) is 8.08. The minimum Gasteiger partial charge on any atom is -0.412 e. The van der Waals surface area contributed by atoms with Crippen molar-refractivity contribution in [3.05, 3.63) is 12.2 Å². The molecule has 0 radical (unpaired) electrons. The average Bonchev–Trinajstić information content (AvgIpc) is 2.63. The van der Waals surface area contributed by atoms with Gasteiger partial charge in [-0.25, -0.2) is 0 Å². The van der Waals surface area contributed by atoms with Crippen molar-refractivity contribution in [3.63, 3.8) is 0 Å². The largest absolute Gasteiger partial charge is 0.412 e. The van der Waals surface area contributed by atoms with Crippen molar-refractivity contribution in [1.29, 1.82) is 0 Å². The van der Waals surface area contributed by atoms with Gasteiger partial charge in [-0.2, -0.15) is 0 Å². The van der Waals surface area contributed by atoms with E-state index in [9.17, 15) is 0 Å². The van der Waals surface area contributed by atoms with Gasteiger partial charge in [-0.15, -0.1) is 0 Å². The fourth-order valence-corrected chi connectivity index (χ4v) is 6.29. The average molecular weight is 369 g/mol. The minimum absolute atomic E-state index is 0. The Morgan fingerprint density at radius 2 is 1.04 bits per heavy atom. The Morgan fingerprint density at radius 3 is 1.46 bits per heavy atom. The van der Waals surface area contributed by atoms with Gasteiger partial charge in [0.15, 0.2) is 0 Å². The van der Waals surface area contributed by atoms with Crippen LogP contribution in [0, 0.1) is 35.5 Å². The van der Waals surface area contributed by atoms with Crippen LogP contribution in [0.15, 0.2) is 12.2 Å². The van der Waals surface area contributed by atoms with Crippen molar-refractivity contribution in [2.75, 3.05) is 0 Å². The molecule has 0 bridgehead atoms. The van der Waals surface area contributed by atoms with Gasteiger partial charge in [0.05, 0.1) is 0 Å². The summed E-state index contributed by atoms with van der Waals surface area (Å²) in [5.74, 6) is 6.45. The van der Waals surface area contributed by atoms with Crippen LogP contribution in [-0.4, -0.2) is 11.0 Å². The summed E-state index contributed by atoms with van der Waals surface area (Å²) in [6.07, 6.45) is 25.9. The second kappa shape index (κ2) is 12.2. The molecule has 0 saturated heterocycles. The van der Waals surface area contributed by atoms with E-state index < -0.39 is 0 Å². The summed E-state index contributed by atoms with van der Waals surface area (Å²) in [4.78, 5) is 0. The summed E-state index contributed by atoms with van der Waals surface area (Å²) in [6.45, 7) is 4.61. The molecule has 0 aromatic carbocycles. The number of hydrogen-bond donors (Lipinski definition) is 0. The van der Waals surface area contributed by atoms with E-state index in [1.807, 2.05) is 0 Å². The lowest BCUT2D eigenvalue weighted by Gasteiger charge is -2.41. The summed E-state index contributed by atoms with van der Waals surface area (Å²) < 4.78 is 0. The molecule has 0 heterocycles. The van der Waals surface area contributed by atoms with Crippen LogP contribution in [0.1, 0.15) is 105 Å². The van der Waals surface area contributed by atoms with E-state index in [1.54, 1.807) is 51.4 Å². The van der Waals surface area contributed by atoms with E-state index >= 15 is 0 Å². The van der Waals surface area contributed by atoms with E-state index in [1.165, 1.54) is 38.5 Å². The fraction of sp³-hybridized carbons (Fsp3) is 0.917. The maximum Gasteiger partial charge on any atom is 0 e. The van der Waals surface area contributed by atoms with E-state index in [4.69, 9.17) is 0 Å². The lowest BCUT2D eigenvalue weighted by Crippen LogP contribution is -2.29. The first-order valence-electron chi connectivity index (χ1n) is 11.4. The molecule has 3 aliphatic carbocycles. The van der Waals surface area contributed by atoms with Gasteiger partial charge in [0.1, 0.15) is 0 Å². The first-order chi connectivity index (χ1) is 11.8. The van der Waals surface area contributed by atoms with Crippen molar-refractivity contribution >= 4 is 0 Å². The Balaban J connectivity index is 0.00000225. The number of hydrogen-bond acceptors (Lipinski definition) is 0. The van der Waals surface area contributed by atoms with E-state index in [0.717, 1.165) is 35.5 Å². The maximum atomic E-state index is 2.46. The lowest BCUT2D eigenvalue weighted by molar-refractivity contribution is 0.105. The molecule has 0 amide bonds. The van der Waals surface area contributed by atoms with Gasteiger partial charge in [0.2, 0.25) is 0 Å². The van der Waals surface area contributed by atoms with Crippen LogP contribution < -0.4 is 0 Å². The molecule has 156 valence electrons. The third-order valence-electron chi connectivity index (χ3n) is 8.08.